The highest BCUT2D eigenvalue weighted by Crippen LogP contribution is 2.02. The van der Waals surface area contributed by atoms with Gasteiger partial charge in [0, 0.05) is 0 Å². The van der Waals surface area contributed by atoms with Gasteiger partial charge in [0.25, 0.3) is 0 Å². The molecule has 13 heavy (non-hydrogen) atoms. The first-order chi connectivity index (χ1) is 6.33. The molecule has 1 aromatic heterocycles. The van der Waals surface area contributed by atoms with Crippen LogP contribution in [0, 0.1) is 5.92 Å². The van der Waals surface area contributed by atoms with Gasteiger partial charge >= 0.3 is 0 Å². The molecule has 0 aromatic carbocycles. The van der Waals surface area contributed by atoms with Crippen LogP contribution in [0.25, 0.3) is 0 Å². The van der Waals surface area contributed by atoms with Gasteiger partial charge < -0.3 is 9.84 Å². The van der Waals surface area contributed by atoms with E-state index >= 15 is 0 Å². The van der Waals surface area contributed by atoms with Crippen LogP contribution in [0.1, 0.15) is 32.5 Å². The molecule has 4 nitrogen and oxygen atoms in total. The summed E-state index contributed by atoms with van der Waals surface area (Å²) in [5.41, 5.74) is 0. The third kappa shape index (κ3) is 4.03. The first-order valence-electron chi connectivity index (χ1n) is 4.79. The number of nitrogens with zero attached hydrogens (tertiary/aromatic N) is 2. The number of hydrogen-bond donors (Lipinski definition) is 1. The second-order valence-electron chi connectivity index (χ2n) is 3.37. The predicted octanol–water partition coefficient (Wildman–Crippen LogP) is 1.60. The molecular weight excluding hydrogens is 166 g/mol. The molecule has 4 heteroatoms. The van der Waals surface area contributed by atoms with Gasteiger partial charge in [0.2, 0.25) is 6.39 Å². The molecule has 1 atom stereocenters. The minimum Gasteiger partial charge on any atom is -0.343 e. The summed E-state index contributed by atoms with van der Waals surface area (Å²) in [6.07, 6.45) is 3.86. The zero-order chi connectivity index (χ0) is 9.52. The highest BCUT2D eigenvalue weighted by molar-refractivity contribution is 4.76. The standard InChI is InChI=1S/C9H17N3O/c1-3-4-8(2)5-10-6-9-11-7-13-12-9/h7-8,10H,3-6H2,1-2H3. The van der Waals surface area contributed by atoms with Gasteiger partial charge in [-0.05, 0) is 18.9 Å². The van der Waals surface area contributed by atoms with Crippen molar-refractivity contribution >= 4 is 0 Å². The monoisotopic (exact) mass is 183 g/mol. The summed E-state index contributed by atoms with van der Waals surface area (Å²) >= 11 is 0. The van der Waals surface area contributed by atoms with Gasteiger partial charge in [-0.2, -0.15) is 4.98 Å². The predicted molar refractivity (Wildman–Crippen MR) is 50.1 cm³/mol. The molecule has 0 aliphatic carbocycles. The zero-order valence-corrected chi connectivity index (χ0v) is 8.29. The number of nitrogens with one attached hydrogen (secondary N) is 1. The molecule has 1 heterocycles. The molecule has 1 N–H and O–H groups in total. The van der Waals surface area contributed by atoms with Crippen molar-refractivity contribution in [3.63, 3.8) is 0 Å². The molecule has 0 spiro atoms. The van der Waals surface area contributed by atoms with Crippen LogP contribution in [0.5, 0.6) is 0 Å². The molecule has 1 rings (SSSR count). The average molecular weight is 183 g/mol. The molecule has 0 radical (unpaired) electrons. The van der Waals surface area contributed by atoms with Crippen molar-refractivity contribution in [3.8, 4) is 0 Å². The Hall–Kier alpha value is -0.900. The lowest BCUT2D eigenvalue weighted by molar-refractivity contribution is 0.403. The van der Waals surface area contributed by atoms with Crippen LogP contribution in [-0.2, 0) is 6.54 Å². The van der Waals surface area contributed by atoms with E-state index in [0.29, 0.717) is 6.54 Å². The van der Waals surface area contributed by atoms with E-state index in [1.54, 1.807) is 0 Å². The van der Waals surface area contributed by atoms with E-state index in [9.17, 15) is 0 Å². The maximum absolute atomic E-state index is 4.62. The molecule has 1 unspecified atom stereocenters. The molecule has 0 bridgehead atoms. The lowest BCUT2D eigenvalue weighted by Gasteiger charge is -2.09. The SMILES string of the molecule is CCCC(C)CNCc1ncon1. The van der Waals surface area contributed by atoms with Crippen LogP contribution >= 0.6 is 0 Å². The van der Waals surface area contributed by atoms with Crippen molar-refractivity contribution in [3.05, 3.63) is 12.2 Å². The minimum atomic E-state index is 0.699. The molecular formula is C9H17N3O. The van der Waals surface area contributed by atoms with E-state index in [2.05, 4.69) is 33.8 Å². The third-order valence-corrected chi connectivity index (χ3v) is 1.96. The average Bonchev–Trinajstić information content (AvgIpc) is 2.57. The van der Waals surface area contributed by atoms with E-state index in [0.717, 1.165) is 18.3 Å². The quantitative estimate of drug-likeness (QED) is 0.727. The van der Waals surface area contributed by atoms with Gasteiger partial charge in [0.15, 0.2) is 5.82 Å². The summed E-state index contributed by atoms with van der Waals surface area (Å²) in [5.74, 6) is 1.44. The van der Waals surface area contributed by atoms with Gasteiger partial charge in [-0.3, -0.25) is 0 Å². The molecule has 0 saturated carbocycles. The maximum atomic E-state index is 4.62. The first-order valence-corrected chi connectivity index (χ1v) is 4.79. The van der Waals surface area contributed by atoms with E-state index in [1.165, 1.54) is 19.2 Å². The van der Waals surface area contributed by atoms with Gasteiger partial charge in [-0.25, -0.2) is 0 Å². The molecule has 1 aromatic rings. The fourth-order valence-corrected chi connectivity index (χ4v) is 1.30. The Morgan fingerprint density at radius 3 is 3.08 bits per heavy atom. The Morgan fingerprint density at radius 1 is 1.62 bits per heavy atom. The zero-order valence-electron chi connectivity index (χ0n) is 8.29. The molecule has 0 aliphatic rings. The van der Waals surface area contributed by atoms with Crippen LogP contribution in [-0.4, -0.2) is 16.7 Å². The third-order valence-electron chi connectivity index (χ3n) is 1.96. The molecule has 0 saturated heterocycles. The van der Waals surface area contributed by atoms with E-state index in [4.69, 9.17) is 0 Å². The normalized spacial score (nSPS) is 13.1. The summed E-state index contributed by atoms with van der Waals surface area (Å²) in [6, 6.07) is 0. The van der Waals surface area contributed by atoms with E-state index in [-0.39, 0.29) is 0 Å². The van der Waals surface area contributed by atoms with Crippen LogP contribution in [0.3, 0.4) is 0 Å². The van der Waals surface area contributed by atoms with Crippen LogP contribution < -0.4 is 5.32 Å². The van der Waals surface area contributed by atoms with Crippen LogP contribution in [0.4, 0.5) is 0 Å². The number of rotatable bonds is 6. The summed E-state index contributed by atoms with van der Waals surface area (Å²) in [4.78, 5) is 3.92. The molecule has 0 aliphatic heterocycles. The van der Waals surface area contributed by atoms with Gasteiger partial charge in [0.05, 0.1) is 6.54 Å². The lowest BCUT2D eigenvalue weighted by atomic mass is 10.1. The van der Waals surface area contributed by atoms with E-state index in [1.807, 2.05) is 0 Å². The largest absolute Gasteiger partial charge is 0.343 e. The van der Waals surface area contributed by atoms with Crippen molar-refractivity contribution in [2.45, 2.75) is 33.2 Å². The maximum Gasteiger partial charge on any atom is 0.213 e. The summed E-state index contributed by atoms with van der Waals surface area (Å²) in [6.45, 7) is 6.16. The summed E-state index contributed by atoms with van der Waals surface area (Å²) < 4.78 is 4.62. The van der Waals surface area contributed by atoms with Crippen molar-refractivity contribution in [1.29, 1.82) is 0 Å². The fourth-order valence-electron chi connectivity index (χ4n) is 1.30. The summed E-state index contributed by atoms with van der Waals surface area (Å²) in [5, 5.41) is 7.00. The topological polar surface area (TPSA) is 51.0 Å². The second-order valence-corrected chi connectivity index (χ2v) is 3.37. The Bertz CT molecular complexity index is 211. The molecule has 74 valence electrons. The Balaban J connectivity index is 2.07. The Kier molecular flexibility index (Phi) is 4.46. The molecule has 0 fully saturated rings. The Morgan fingerprint density at radius 2 is 2.46 bits per heavy atom. The van der Waals surface area contributed by atoms with Gasteiger partial charge in [-0.15, -0.1) is 0 Å². The lowest BCUT2D eigenvalue weighted by Crippen LogP contribution is -2.21. The number of hydrogen-bond acceptors (Lipinski definition) is 4. The van der Waals surface area contributed by atoms with Crippen molar-refractivity contribution in [2.75, 3.05) is 6.54 Å². The summed E-state index contributed by atoms with van der Waals surface area (Å²) in [7, 11) is 0. The minimum absolute atomic E-state index is 0.699. The Labute approximate surface area is 78.7 Å². The fraction of sp³-hybridized carbons (Fsp3) is 0.778. The van der Waals surface area contributed by atoms with E-state index < -0.39 is 0 Å². The van der Waals surface area contributed by atoms with Crippen molar-refractivity contribution < 1.29 is 4.52 Å². The van der Waals surface area contributed by atoms with Gasteiger partial charge in [0.1, 0.15) is 0 Å². The highest BCUT2D eigenvalue weighted by Gasteiger charge is 2.01. The number of aromatic nitrogens is 2. The smallest absolute Gasteiger partial charge is 0.213 e. The van der Waals surface area contributed by atoms with Gasteiger partial charge in [-0.1, -0.05) is 25.4 Å². The molecule has 0 amide bonds. The van der Waals surface area contributed by atoms with Crippen LogP contribution in [0.15, 0.2) is 10.9 Å². The van der Waals surface area contributed by atoms with Crippen molar-refractivity contribution in [1.82, 2.24) is 15.5 Å². The van der Waals surface area contributed by atoms with Crippen molar-refractivity contribution in [2.24, 2.45) is 5.92 Å². The second kappa shape index (κ2) is 5.70. The highest BCUT2D eigenvalue weighted by atomic mass is 16.5. The van der Waals surface area contributed by atoms with Crippen LogP contribution in [0.2, 0.25) is 0 Å². The first kappa shape index (κ1) is 10.2.